The number of nitrogens with one attached hydrogen (secondary N) is 2. The highest BCUT2D eigenvalue weighted by Crippen LogP contribution is 2.16. The van der Waals surface area contributed by atoms with Crippen molar-refractivity contribution in [3.63, 3.8) is 0 Å². The predicted molar refractivity (Wildman–Crippen MR) is 85.7 cm³/mol. The number of primary amides is 1. The summed E-state index contributed by atoms with van der Waals surface area (Å²) in [5, 5.41) is 10.2. The van der Waals surface area contributed by atoms with Crippen LogP contribution in [0.25, 0.3) is 0 Å². The Kier molecular flexibility index (Phi) is 4.35. The standard InChI is InChI=1S/C12H12BrN5OS/c1-18-10(11(14)19)9(6-15-18)17-12(20)16-8-4-2-7(13)3-5-8/h2-6H,1H3,(H2,14,19)(H2,16,17,20). The number of benzene rings is 1. The number of nitrogens with two attached hydrogens (primary N) is 1. The topological polar surface area (TPSA) is 85.0 Å². The third-order valence-corrected chi connectivity index (χ3v) is 3.26. The van der Waals surface area contributed by atoms with Crippen LogP contribution in [0.1, 0.15) is 10.5 Å². The fourth-order valence-corrected chi connectivity index (χ4v) is 2.13. The molecule has 0 spiro atoms. The van der Waals surface area contributed by atoms with E-state index in [1.165, 1.54) is 10.9 Å². The van der Waals surface area contributed by atoms with E-state index >= 15 is 0 Å². The number of amides is 1. The van der Waals surface area contributed by atoms with Crippen molar-refractivity contribution in [1.29, 1.82) is 0 Å². The molecule has 1 amide bonds. The Bertz CT molecular complexity index is 652. The molecule has 0 bridgehead atoms. The van der Waals surface area contributed by atoms with Crippen LogP contribution in [-0.2, 0) is 7.05 Å². The monoisotopic (exact) mass is 353 g/mol. The molecule has 1 aromatic carbocycles. The largest absolute Gasteiger partial charge is 0.364 e. The Balaban J connectivity index is 2.09. The molecule has 0 fully saturated rings. The summed E-state index contributed by atoms with van der Waals surface area (Å²) in [6.45, 7) is 0. The normalized spacial score (nSPS) is 10.1. The van der Waals surface area contributed by atoms with Crippen molar-refractivity contribution in [2.75, 3.05) is 10.6 Å². The number of hydrogen-bond donors (Lipinski definition) is 3. The van der Waals surface area contributed by atoms with Gasteiger partial charge in [0.15, 0.2) is 5.11 Å². The molecule has 0 aliphatic heterocycles. The summed E-state index contributed by atoms with van der Waals surface area (Å²) in [4.78, 5) is 11.3. The Morgan fingerprint density at radius 1 is 1.35 bits per heavy atom. The summed E-state index contributed by atoms with van der Waals surface area (Å²) < 4.78 is 2.37. The fraction of sp³-hybridized carbons (Fsp3) is 0.0833. The number of nitrogens with zero attached hydrogens (tertiary/aromatic N) is 2. The molecule has 0 aliphatic carbocycles. The number of thiocarbonyl (C=S) groups is 1. The van der Waals surface area contributed by atoms with Crippen molar-refractivity contribution < 1.29 is 4.79 Å². The molecule has 0 aliphatic rings. The van der Waals surface area contributed by atoms with Crippen molar-refractivity contribution in [3.05, 3.63) is 40.6 Å². The van der Waals surface area contributed by atoms with Crippen molar-refractivity contribution in [1.82, 2.24) is 9.78 Å². The number of anilines is 2. The van der Waals surface area contributed by atoms with Gasteiger partial charge in [-0.3, -0.25) is 9.48 Å². The highest BCUT2D eigenvalue weighted by atomic mass is 79.9. The highest BCUT2D eigenvalue weighted by molar-refractivity contribution is 9.10. The third kappa shape index (κ3) is 3.34. The average Bonchev–Trinajstić information content (AvgIpc) is 2.73. The Hall–Kier alpha value is -1.93. The third-order valence-electron chi connectivity index (χ3n) is 2.52. The summed E-state index contributed by atoms with van der Waals surface area (Å²) in [6.07, 6.45) is 1.50. The quantitative estimate of drug-likeness (QED) is 0.735. The van der Waals surface area contributed by atoms with Crippen LogP contribution >= 0.6 is 28.1 Å². The van der Waals surface area contributed by atoms with E-state index in [-0.39, 0.29) is 5.69 Å². The van der Waals surface area contributed by atoms with Crippen LogP contribution in [0.4, 0.5) is 11.4 Å². The van der Waals surface area contributed by atoms with Crippen LogP contribution in [0.2, 0.25) is 0 Å². The van der Waals surface area contributed by atoms with Gasteiger partial charge in [0.1, 0.15) is 5.69 Å². The van der Waals surface area contributed by atoms with Crippen LogP contribution in [-0.4, -0.2) is 20.8 Å². The number of carbonyl (C=O) groups is 1. The zero-order chi connectivity index (χ0) is 14.7. The van der Waals surface area contributed by atoms with Gasteiger partial charge in [0.05, 0.1) is 11.9 Å². The van der Waals surface area contributed by atoms with Gasteiger partial charge >= 0.3 is 0 Å². The second kappa shape index (κ2) is 6.02. The zero-order valence-electron chi connectivity index (χ0n) is 10.6. The second-order valence-corrected chi connectivity index (χ2v) is 5.30. The maximum absolute atomic E-state index is 11.3. The summed E-state index contributed by atoms with van der Waals surface area (Å²) >= 11 is 8.54. The molecule has 4 N–H and O–H groups in total. The van der Waals surface area contributed by atoms with Gasteiger partial charge in [0.25, 0.3) is 5.91 Å². The molecular weight excluding hydrogens is 342 g/mol. The Morgan fingerprint density at radius 3 is 2.60 bits per heavy atom. The SMILES string of the molecule is Cn1ncc(NC(=S)Nc2ccc(Br)cc2)c1C(N)=O. The number of carbonyl (C=O) groups excluding carboxylic acids is 1. The van der Waals surface area contributed by atoms with Crippen LogP contribution < -0.4 is 16.4 Å². The number of aromatic nitrogens is 2. The van der Waals surface area contributed by atoms with Gasteiger partial charge in [-0.2, -0.15) is 5.10 Å². The van der Waals surface area contributed by atoms with E-state index in [4.69, 9.17) is 18.0 Å². The number of hydrogen-bond acceptors (Lipinski definition) is 3. The van der Waals surface area contributed by atoms with E-state index in [9.17, 15) is 4.79 Å². The van der Waals surface area contributed by atoms with E-state index in [1.54, 1.807) is 7.05 Å². The van der Waals surface area contributed by atoms with Gasteiger partial charge in [-0.15, -0.1) is 0 Å². The molecule has 104 valence electrons. The Labute approximate surface area is 129 Å². The van der Waals surface area contributed by atoms with Crippen molar-refractivity contribution in [2.45, 2.75) is 0 Å². The van der Waals surface area contributed by atoms with Crippen LogP contribution in [0.15, 0.2) is 34.9 Å². The minimum absolute atomic E-state index is 0.268. The molecule has 0 saturated heterocycles. The lowest BCUT2D eigenvalue weighted by atomic mass is 10.3. The highest BCUT2D eigenvalue weighted by Gasteiger charge is 2.14. The second-order valence-electron chi connectivity index (χ2n) is 3.98. The molecule has 1 aromatic heterocycles. The molecular formula is C12H12BrN5OS. The fourth-order valence-electron chi connectivity index (χ4n) is 1.64. The summed E-state index contributed by atoms with van der Waals surface area (Å²) in [7, 11) is 1.64. The minimum Gasteiger partial charge on any atom is -0.364 e. The first-order chi connectivity index (χ1) is 9.47. The molecule has 1 heterocycles. The maximum atomic E-state index is 11.3. The lowest BCUT2D eigenvalue weighted by molar-refractivity contribution is 0.0992. The van der Waals surface area contributed by atoms with Gasteiger partial charge in [-0.1, -0.05) is 15.9 Å². The first-order valence-corrected chi connectivity index (χ1v) is 6.83. The van der Waals surface area contributed by atoms with Crippen molar-refractivity contribution in [2.24, 2.45) is 12.8 Å². The van der Waals surface area contributed by atoms with Crippen LogP contribution in [0.3, 0.4) is 0 Å². The van der Waals surface area contributed by atoms with Crippen molar-refractivity contribution in [3.8, 4) is 0 Å². The first kappa shape index (κ1) is 14.5. The predicted octanol–water partition coefficient (Wildman–Crippen LogP) is 2.09. The van der Waals surface area contributed by atoms with Crippen LogP contribution in [0.5, 0.6) is 0 Å². The van der Waals surface area contributed by atoms with Gasteiger partial charge in [-0.05, 0) is 36.5 Å². The van der Waals surface area contributed by atoms with Crippen LogP contribution in [0, 0.1) is 0 Å². The average molecular weight is 354 g/mol. The maximum Gasteiger partial charge on any atom is 0.269 e. The van der Waals surface area contributed by atoms with Gasteiger partial charge in [0, 0.05) is 17.2 Å². The number of rotatable bonds is 3. The molecule has 0 radical (unpaired) electrons. The first-order valence-electron chi connectivity index (χ1n) is 5.62. The summed E-state index contributed by atoms with van der Waals surface area (Å²) in [6, 6.07) is 7.53. The lowest BCUT2D eigenvalue weighted by Crippen LogP contribution is -2.23. The molecule has 2 rings (SSSR count). The molecule has 20 heavy (non-hydrogen) atoms. The smallest absolute Gasteiger partial charge is 0.269 e. The molecule has 0 unspecified atom stereocenters. The molecule has 6 nitrogen and oxygen atoms in total. The van der Waals surface area contributed by atoms with Gasteiger partial charge < -0.3 is 16.4 Å². The number of halogens is 1. The van der Waals surface area contributed by atoms with E-state index in [0.717, 1.165) is 10.2 Å². The van der Waals surface area contributed by atoms with E-state index in [2.05, 4.69) is 31.7 Å². The number of aryl methyl sites for hydroxylation is 1. The Morgan fingerprint density at radius 2 is 2.00 bits per heavy atom. The van der Waals surface area contributed by atoms with Gasteiger partial charge in [0.2, 0.25) is 0 Å². The van der Waals surface area contributed by atoms with Gasteiger partial charge in [-0.25, -0.2) is 0 Å². The van der Waals surface area contributed by atoms with E-state index < -0.39 is 5.91 Å². The zero-order valence-corrected chi connectivity index (χ0v) is 13.0. The molecule has 0 saturated carbocycles. The molecule has 2 aromatic rings. The molecule has 8 heteroatoms. The van der Waals surface area contributed by atoms with Crippen molar-refractivity contribution >= 4 is 50.5 Å². The molecule has 0 atom stereocenters. The summed E-state index contributed by atoms with van der Waals surface area (Å²) in [5.41, 5.74) is 6.86. The van der Waals surface area contributed by atoms with E-state index in [1.807, 2.05) is 24.3 Å². The van der Waals surface area contributed by atoms with E-state index in [0.29, 0.717) is 10.8 Å². The lowest BCUT2D eigenvalue weighted by Gasteiger charge is -2.10. The summed E-state index contributed by atoms with van der Waals surface area (Å²) in [5.74, 6) is -0.570. The minimum atomic E-state index is -0.570.